The van der Waals surface area contributed by atoms with E-state index in [1.165, 1.54) is 6.07 Å². The zero-order valence-corrected chi connectivity index (χ0v) is 12.0. The van der Waals surface area contributed by atoms with Crippen LogP contribution in [0.4, 0.5) is 4.39 Å². The lowest BCUT2D eigenvalue weighted by Crippen LogP contribution is -2.12. The Morgan fingerprint density at radius 3 is 2.32 bits per heavy atom. The van der Waals surface area contributed by atoms with Crippen LogP contribution in [0.25, 0.3) is 11.1 Å². The van der Waals surface area contributed by atoms with Crippen LogP contribution in [-0.2, 0) is 6.54 Å². The molecule has 0 fully saturated rings. The van der Waals surface area contributed by atoms with E-state index >= 15 is 0 Å². The van der Waals surface area contributed by atoms with Crippen LogP contribution in [0.1, 0.15) is 12.5 Å². The molecule has 19 heavy (non-hydrogen) atoms. The van der Waals surface area contributed by atoms with Gasteiger partial charge >= 0.3 is 0 Å². The van der Waals surface area contributed by atoms with Crippen molar-refractivity contribution in [2.24, 2.45) is 0 Å². The molecule has 0 saturated heterocycles. The highest BCUT2D eigenvalue weighted by molar-refractivity contribution is 6.42. The molecule has 0 aliphatic rings. The maximum atomic E-state index is 13.9. The summed E-state index contributed by atoms with van der Waals surface area (Å²) in [6.45, 7) is 3.33. The van der Waals surface area contributed by atoms with Crippen molar-refractivity contribution < 1.29 is 4.39 Å². The highest BCUT2D eigenvalue weighted by atomic mass is 35.5. The summed E-state index contributed by atoms with van der Waals surface area (Å²) in [7, 11) is 0. The summed E-state index contributed by atoms with van der Waals surface area (Å²) >= 11 is 11.8. The van der Waals surface area contributed by atoms with E-state index in [0.29, 0.717) is 22.2 Å². The predicted octanol–water partition coefficient (Wildman–Crippen LogP) is 4.91. The van der Waals surface area contributed by atoms with E-state index in [2.05, 4.69) is 5.32 Å². The Morgan fingerprint density at radius 1 is 1.00 bits per heavy atom. The van der Waals surface area contributed by atoms with Crippen molar-refractivity contribution in [2.75, 3.05) is 6.54 Å². The van der Waals surface area contributed by atoms with Crippen LogP contribution in [0.2, 0.25) is 10.0 Å². The lowest BCUT2D eigenvalue weighted by Gasteiger charge is -2.08. The summed E-state index contributed by atoms with van der Waals surface area (Å²) < 4.78 is 13.9. The fourth-order valence-corrected chi connectivity index (χ4v) is 2.10. The monoisotopic (exact) mass is 297 g/mol. The molecule has 0 aromatic heterocycles. The Morgan fingerprint density at radius 2 is 1.68 bits per heavy atom. The van der Waals surface area contributed by atoms with Crippen molar-refractivity contribution in [1.29, 1.82) is 0 Å². The molecule has 0 heterocycles. The van der Waals surface area contributed by atoms with Crippen molar-refractivity contribution in [1.82, 2.24) is 5.32 Å². The molecule has 0 unspecified atom stereocenters. The zero-order valence-electron chi connectivity index (χ0n) is 10.5. The van der Waals surface area contributed by atoms with Gasteiger partial charge in [0.2, 0.25) is 0 Å². The molecule has 0 radical (unpaired) electrons. The standard InChI is InChI=1S/C15H14Cl2FN/c1-2-19-9-12-4-3-11(8-15(12)18)10-5-6-13(16)14(17)7-10/h3-8,19H,2,9H2,1H3. The average molecular weight is 298 g/mol. The lowest BCUT2D eigenvalue weighted by molar-refractivity contribution is 0.594. The van der Waals surface area contributed by atoms with E-state index in [1.54, 1.807) is 18.2 Å². The fraction of sp³-hybridized carbons (Fsp3) is 0.200. The molecular formula is C15H14Cl2FN. The minimum absolute atomic E-state index is 0.218. The minimum atomic E-state index is -0.218. The molecule has 100 valence electrons. The summed E-state index contributed by atoms with van der Waals surface area (Å²) in [4.78, 5) is 0. The van der Waals surface area contributed by atoms with Gasteiger partial charge in [-0.2, -0.15) is 0 Å². The van der Waals surface area contributed by atoms with Crippen molar-refractivity contribution >= 4 is 23.2 Å². The van der Waals surface area contributed by atoms with E-state index in [1.807, 2.05) is 19.1 Å². The Kier molecular flexibility index (Phi) is 4.81. The lowest BCUT2D eigenvalue weighted by atomic mass is 10.0. The average Bonchev–Trinajstić information content (AvgIpc) is 2.40. The quantitative estimate of drug-likeness (QED) is 0.845. The number of halogens is 3. The summed E-state index contributed by atoms with van der Waals surface area (Å²) in [5, 5.41) is 4.07. The molecule has 2 aromatic carbocycles. The van der Waals surface area contributed by atoms with E-state index in [-0.39, 0.29) is 5.82 Å². The van der Waals surface area contributed by atoms with Gasteiger partial charge < -0.3 is 5.32 Å². The molecule has 2 rings (SSSR count). The van der Waals surface area contributed by atoms with E-state index < -0.39 is 0 Å². The molecule has 1 N–H and O–H groups in total. The summed E-state index contributed by atoms with van der Waals surface area (Å²) in [6, 6.07) is 10.5. The second kappa shape index (κ2) is 6.38. The molecule has 4 heteroatoms. The molecule has 0 atom stereocenters. The molecule has 0 aliphatic heterocycles. The first-order valence-corrected chi connectivity index (χ1v) is 6.82. The normalized spacial score (nSPS) is 10.7. The maximum absolute atomic E-state index is 13.9. The van der Waals surface area contributed by atoms with Crippen molar-refractivity contribution in [2.45, 2.75) is 13.5 Å². The Labute approximate surface area is 122 Å². The van der Waals surface area contributed by atoms with Crippen LogP contribution >= 0.6 is 23.2 Å². The van der Waals surface area contributed by atoms with Crippen LogP contribution in [0.3, 0.4) is 0 Å². The van der Waals surface area contributed by atoms with Gasteiger partial charge in [0.05, 0.1) is 10.0 Å². The predicted molar refractivity (Wildman–Crippen MR) is 79.2 cm³/mol. The second-order valence-corrected chi connectivity index (χ2v) is 5.03. The van der Waals surface area contributed by atoms with Gasteiger partial charge in [-0.05, 0) is 35.9 Å². The Balaban J connectivity index is 2.30. The third-order valence-corrected chi connectivity index (χ3v) is 3.61. The number of rotatable bonds is 4. The van der Waals surface area contributed by atoms with Gasteiger partial charge in [0.25, 0.3) is 0 Å². The third kappa shape index (κ3) is 3.47. The molecule has 0 saturated carbocycles. The highest BCUT2D eigenvalue weighted by Crippen LogP contribution is 2.29. The van der Waals surface area contributed by atoms with Crippen LogP contribution in [0, 0.1) is 5.82 Å². The first-order valence-electron chi connectivity index (χ1n) is 6.06. The highest BCUT2D eigenvalue weighted by Gasteiger charge is 2.06. The zero-order chi connectivity index (χ0) is 13.8. The molecule has 0 spiro atoms. The molecule has 0 amide bonds. The number of nitrogens with one attached hydrogen (secondary N) is 1. The van der Waals surface area contributed by atoms with Gasteiger partial charge in [-0.1, -0.05) is 48.3 Å². The Bertz CT molecular complexity index is 584. The number of benzene rings is 2. The van der Waals surface area contributed by atoms with Gasteiger partial charge in [0.15, 0.2) is 0 Å². The van der Waals surface area contributed by atoms with Gasteiger partial charge in [-0.3, -0.25) is 0 Å². The summed E-state index contributed by atoms with van der Waals surface area (Å²) in [5.41, 5.74) is 2.30. The van der Waals surface area contributed by atoms with Crippen LogP contribution in [-0.4, -0.2) is 6.54 Å². The number of hydrogen-bond acceptors (Lipinski definition) is 1. The van der Waals surface area contributed by atoms with Gasteiger partial charge in [-0.25, -0.2) is 4.39 Å². The molecule has 0 bridgehead atoms. The van der Waals surface area contributed by atoms with Crippen molar-refractivity contribution in [3.05, 3.63) is 57.8 Å². The largest absolute Gasteiger partial charge is 0.313 e. The van der Waals surface area contributed by atoms with Gasteiger partial charge in [-0.15, -0.1) is 0 Å². The molecule has 0 aliphatic carbocycles. The molecule has 2 aromatic rings. The van der Waals surface area contributed by atoms with Crippen LogP contribution < -0.4 is 5.32 Å². The van der Waals surface area contributed by atoms with Crippen molar-refractivity contribution in [3.8, 4) is 11.1 Å². The molecule has 1 nitrogen and oxygen atoms in total. The van der Waals surface area contributed by atoms with Crippen LogP contribution in [0.15, 0.2) is 36.4 Å². The van der Waals surface area contributed by atoms with E-state index in [4.69, 9.17) is 23.2 Å². The maximum Gasteiger partial charge on any atom is 0.128 e. The van der Waals surface area contributed by atoms with E-state index in [0.717, 1.165) is 17.7 Å². The third-order valence-electron chi connectivity index (χ3n) is 2.87. The molecular weight excluding hydrogens is 284 g/mol. The van der Waals surface area contributed by atoms with E-state index in [9.17, 15) is 4.39 Å². The Hall–Kier alpha value is -1.09. The first kappa shape index (κ1) is 14.3. The minimum Gasteiger partial charge on any atom is -0.313 e. The fourth-order valence-electron chi connectivity index (χ4n) is 1.81. The van der Waals surface area contributed by atoms with Crippen molar-refractivity contribution in [3.63, 3.8) is 0 Å². The van der Waals surface area contributed by atoms with Crippen LogP contribution in [0.5, 0.6) is 0 Å². The first-order chi connectivity index (χ1) is 9.11. The smallest absolute Gasteiger partial charge is 0.128 e. The summed E-state index contributed by atoms with van der Waals surface area (Å²) in [6.07, 6.45) is 0. The summed E-state index contributed by atoms with van der Waals surface area (Å²) in [5.74, 6) is -0.218. The topological polar surface area (TPSA) is 12.0 Å². The van der Waals surface area contributed by atoms with Gasteiger partial charge in [0.1, 0.15) is 5.82 Å². The SMILES string of the molecule is CCNCc1ccc(-c2ccc(Cl)c(Cl)c2)cc1F. The number of hydrogen-bond donors (Lipinski definition) is 1. The van der Waals surface area contributed by atoms with Gasteiger partial charge in [0, 0.05) is 12.1 Å². The second-order valence-electron chi connectivity index (χ2n) is 4.22.